The Kier molecular flexibility index (Phi) is 7.71. The Morgan fingerprint density at radius 2 is 1.70 bits per heavy atom. The van der Waals surface area contributed by atoms with Crippen molar-refractivity contribution < 1.29 is 29.0 Å². The lowest BCUT2D eigenvalue weighted by Crippen LogP contribution is -2.30. The Labute approximate surface area is 215 Å². The minimum absolute atomic E-state index is 0.00171. The van der Waals surface area contributed by atoms with E-state index in [4.69, 9.17) is 14.6 Å². The number of aromatic carboxylic acids is 1. The number of carboxylic acids is 1. The standard InChI is InChI=1S/C28H29N3O6/c1-17(2)36-24-12-21(27(33)30-26-11-6-20(15-29-26)28(34)35)13-25(14-24)37-23-9-7-22(8-10-23)31(18(3)32)16-19-4-5-19/h6-15,17,19H,4-5,16H2,1-3H3,(H,34,35)(H,29,30,33). The number of carboxylic acid groups (broad SMARTS) is 1. The molecule has 1 fully saturated rings. The SMILES string of the molecule is CC(=O)N(CC1CC1)c1ccc(Oc2cc(OC(C)C)cc(C(=O)Nc3ccc(C(=O)O)cn3)c2)cc1. The number of nitrogens with zero attached hydrogens (tertiary/aromatic N) is 2. The van der Waals surface area contributed by atoms with E-state index in [1.165, 1.54) is 18.3 Å². The Balaban J connectivity index is 1.52. The van der Waals surface area contributed by atoms with Gasteiger partial charge < -0.3 is 24.8 Å². The van der Waals surface area contributed by atoms with Gasteiger partial charge in [-0.3, -0.25) is 9.59 Å². The lowest BCUT2D eigenvalue weighted by Gasteiger charge is -2.21. The summed E-state index contributed by atoms with van der Waals surface area (Å²) in [5, 5.41) is 11.7. The van der Waals surface area contributed by atoms with Gasteiger partial charge in [0.15, 0.2) is 0 Å². The first-order chi connectivity index (χ1) is 17.7. The second-order valence-electron chi connectivity index (χ2n) is 9.22. The van der Waals surface area contributed by atoms with E-state index < -0.39 is 11.9 Å². The van der Waals surface area contributed by atoms with Gasteiger partial charge in [0.25, 0.3) is 5.91 Å². The summed E-state index contributed by atoms with van der Waals surface area (Å²) < 4.78 is 11.8. The van der Waals surface area contributed by atoms with E-state index in [0.29, 0.717) is 23.2 Å². The number of amides is 2. The zero-order chi connectivity index (χ0) is 26.5. The fraction of sp³-hybridized carbons (Fsp3) is 0.286. The van der Waals surface area contributed by atoms with Gasteiger partial charge in [-0.1, -0.05) is 0 Å². The van der Waals surface area contributed by atoms with Gasteiger partial charge in [0.2, 0.25) is 5.91 Å². The maximum atomic E-state index is 12.9. The molecule has 4 rings (SSSR count). The smallest absolute Gasteiger partial charge is 0.337 e. The van der Waals surface area contributed by atoms with Crippen LogP contribution in [0.1, 0.15) is 54.3 Å². The summed E-state index contributed by atoms with van der Waals surface area (Å²) in [6.07, 6.45) is 3.35. The second-order valence-corrected chi connectivity index (χ2v) is 9.22. The Bertz CT molecular complexity index is 1280. The third-order valence-corrected chi connectivity index (χ3v) is 5.67. The van der Waals surface area contributed by atoms with Gasteiger partial charge in [0.1, 0.15) is 23.1 Å². The molecule has 0 radical (unpaired) electrons. The summed E-state index contributed by atoms with van der Waals surface area (Å²) in [6.45, 7) is 6.04. The summed E-state index contributed by atoms with van der Waals surface area (Å²) >= 11 is 0. The second kappa shape index (κ2) is 11.1. The molecule has 1 aromatic heterocycles. The molecule has 9 heteroatoms. The summed E-state index contributed by atoms with van der Waals surface area (Å²) in [4.78, 5) is 41.8. The predicted octanol–water partition coefficient (Wildman–Crippen LogP) is 5.37. The molecule has 3 aromatic rings. The third kappa shape index (κ3) is 7.07. The van der Waals surface area contributed by atoms with Crippen LogP contribution in [0, 0.1) is 5.92 Å². The summed E-state index contributed by atoms with van der Waals surface area (Å²) in [5.74, 6) is 0.613. The minimum Gasteiger partial charge on any atom is -0.491 e. The number of anilines is 2. The van der Waals surface area contributed by atoms with Crippen molar-refractivity contribution in [1.29, 1.82) is 0 Å². The van der Waals surface area contributed by atoms with E-state index >= 15 is 0 Å². The molecule has 2 N–H and O–H groups in total. The highest BCUT2D eigenvalue weighted by atomic mass is 16.5. The first-order valence-electron chi connectivity index (χ1n) is 12.1. The van der Waals surface area contributed by atoms with Crippen molar-refractivity contribution in [2.45, 2.75) is 39.7 Å². The molecule has 2 aromatic carbocycles. The number of benzene rings is 2. The van der Waals surface area contributed by atoms with E-state index in [0.717, 1.165) is 25.1 Å². The van der Waals surface area contributed by atoms with Crippen LogP contribution in [0.25, 0.3) is 0 Å². The fourth-order valence-electron chi connectivity index (χ4n) is 3.69. The van der Waals surface area contributed by atoms with Crippen molar-refractivity contribution >= 4 is 29.3 Å². The number of carbonyl (C=O) groups excluding carboxylic acids is 2. The molecule has 1 heterocycles. The van der Waals surface area contributed by atoms with Crippen molar-refractivity contribution in [2.75, 3.05) is 16.8 Å². The van der Waals surface area contributed by atoms with E-state index in [9.17, 15) is 14.4 Å². The monoisotopic (exact) mass is 503 g/mol. The first kappa shape index (κ1) is 25.7. The lowest BCUT2D eigenvalue weighted by molar-refractivity contribution is -0.116. The van der Waals surface area contributed by atoms with Crippen LogP contribution in [0.4, 0.5) is 11.5 Å². The van der Waals surface area contributed by atoms with Crippen molar-refractivity contribution in [1.82, 2.24) is 4.98 Å². The average molecular weight is 504 g/mol. The molecule has 2 amide bonds. The normalized spacial score (nSPS) is 12.6. The molecule has 0 spiro atoms. The van der Waals surface area contributed by atoms with Crippen LogP contribution in [-0.4, -0.2) is 40.5 Å². The van der Waals surface area contributed by atoms with Crippen LogP contribution in [0.3, 0.4) is 0 Å². The highest BCUT2D eigenvalue weighted by Gasteiger charge is 2.26. The topological polar surface area (TPSA) is 118 Å². The van der Waals surface area contributed by atoms with Crippen LogP contribution in [0.2, 0.25) is 0 Å². The largest absolute Gasteiger partial charge is 0.491 e. The zero-order valence-electron chi connectivity index (χ0n) is 20.9. The molecular weight excluding hydrogens is 474 g/mol. The minimum atomic E-state index is -1.10. The Hall–Kier alpha value is -4.40. The molecule has 0 unspecified atom stereocenters. The first-order valence-corrected chi connectivity index (χ1v) is 12.1. The predicted molar refractivity (Wildman–Crippen MR) is 139 cm³/mol. The number of aromatic nitrogens is 1. The number of ether oxygens (including phenoxy) is 2. The quantitative estimate of drug-likeness (QED) is 0.382. The summed E-state index contributed by atoms with van der Waals surface area (Å²) in [7, 11) is 0. The summed E-state index contributed by atoms with van der Waals surface area (Å²) in [6, 6.07) is 14.9. The van der Waals surface area contributed by atoms with Crippen molar-refractivity contribution in [2.24, 2.45) is 5.92 Å². The van der Waals surface area contributed by atoms with E-state index in [1.807, 2.05) is 26.0 Å². The maximum absolute atomic E-state index is 12.9. The molecule has 0 bridgehead atoms. The van der Waals surface area contributed by atoms with Gasteiger partial charge in [-0.2, -0.15) is 0 Å². The number of hydrogen-bond donors (Lipinski definition) is 2. The van der Waals surface area contributed by atoms with Gasteiger partial charge >= 0.3 is 5.97 Å². The zero-order valence-corrected chi connectivity index (χ0v) is 20.9. The molecule has 0 atom stereocenters. The molecule has 1 aliphatic rings. The molecular formula is C28H29N3O6. The Morgan fingerprint density at radius 1 is 1.00 bits per heavy atom. The van der Waals surface area contributed by atoms with Gasteiger partial charge in [-0.05, 0) is 81.1 Å². The van der Waals surface area contributed by atoms with Gasteiger partial charge in [-0.15, -0.1) is 0 Å². The highest BCUT2D eigenvalue weighted by Crippen LogP contribution is 2.33. The van der Waals surface area contributed by atoms with Crippen molar-refractivity contribution in [3.8, 4) is 17.2 Å². The lowest BCUT2D eigenvalue weighted by atomic mass is 10.1. The van der Waals surface area contributed by atoms with Crippen LogP contribution in [0.15, 0.2) is 60.8 Å². The average Bonchev–Trinajstić information content (AvgIpc) is 3.67. The van der Waals surface area contributed by atoms with Crippen LogP contribution in [-0.2, 0) is 4.79 Å². The van der Waals surface area contributed by atoms with Crippen LogP contribution < -0.4 is 19.7 Å². The van der Waals surface area contributed by atoms with Crippen LogP contribution in [0.5, 0.6) is 17.2 Å². The van der Waals surface area contributed by atoms with Crippen molar-refractivity contribution in [3.63, 3.8) is 0 Å². The maximum Gasteiger partial charge on any atom is 0.337 e. The molecule has 1 saturated carbocycles. The van der Waals surface area contributed by atoms with E-state index in [-0.39, 0.29) is 29.0 Å². The molecule has 37 heavy (non-hydrogen) atoms. The van der Waals surface area contributed by atoms with Gasteiger partial charge in [0.05, 0.1) is 11.7 Å². The fourth-order valence-corrected chi connectivity index (χ4v) is 3.69. The van der Waals surface area contributed by atoms with E-state index in [1.54, 1.807) is 42.2 Å². The number of nitrogens with one attached hydrogen (secondary N) is 1. The van der Waals surface area contributed by atoms with Crippen molar-refractivity contribution in [3.05, 3.63) is 71.9 Å². The number of carbonyl (C=O) groups is 3. The van der Waals surface area contributed by atoms with Gasteiger partial charge in [0, 0.05) is 37.0 Å². The number of hydrogen-bond acceptors (Lipinski definition) is 6. The van der Waals surface area contributed by atoms with Gasteiger partial charge in [-0.25, -0.2) is 9.78 Å². The Morgan fingerprint density at radius 3 is 2.27 bits per heavy atom. The van der Waals surface area contributed by atoms with Crippen LogP contribution >= 0.6 is 0 Å². The van der Waals surface area contributed by atoms with E-state index in [2.05, 4.69) is 10.3 Å². The molecule has 1 aliphatic carbocycles. The molecule has 9 nitrogen and oxygen atoms in total. The highest BCUT2D eigenvalue weighted by molar-refractivity contribution is 6.04. The third-order valence-electron chi connectivity index (χ3n) is 5.67. The number of rotatable bonds is 10. The number of pyridine rings is 1. The molecule has 0 saturated heterocycles. The molecule has 0 aliphatic heterocycles. The molecule has 192 valence electrons. The summed E-state index contributed by atoms with van der Waals surface area (Å²) in [5.41, 5.74) is 1.11.